The van der Waals surface area contributed by atoms with Crippen LogP contribution in [0.1, 0.15) is 210 Å². The minimum Gasteiger partial charge on any atom is -0.481 e. The summed E-state index contributed by atoms with van der Waals surface area (Å²) in [6, 6.07) is 17.1. The van der Waals surface area contributed by atoms with Crippen LogP contribution in [0.3, 0.4) is 0 Å². The van der Waals surface area contributed by atoms with Gasteiger partial charge in [-0.25, -0.2) is 4.79 Å². The summed E-state index contributed by atoms with van der Waals surface area (Å²) in [4.78, 5) is 60.8. The molecule has 4 aromatic carbocycles. The van der Waals surface area contributed by atoms with Crippen LogP contribution in [0.2, 0.25) is 0 Å². The van der Waals surface area contributed by atoms with Gasteiger partial charge in [0.25, 0.3) is 17.7 Å². The topological polar surface area (TPSA) is 151 Å². The van der Waals surface area contributed by atoms with E-state index in [9.17, 15) is 19.2 Å². The highest BCUT2D eigenvalue weighted by atomic mass is 32.2. The Morgan fingerprint density at radius 3 is 0.774 bits per heavy atom. The Balaban J connectivity index is 1.94. The minimum atomic E-state index is -0.513. The van der Waals surface area contributed by atoms with E-state index >= 15 is 0 Å². The number of hydrogen-bond acceptors (Lipinski definition) is 13. The largest absolute Gasteiger partial charge is 0.481 e. The van der Waals surface area contributed by atoms with E-state index < -0.39 is 5.97 Å². The number of fused-ring (bicyclic) bond motifs is 8. The van der Waals surface area contributed by atoms with Gasteiger partial charge in [0.2, 0.25) is 0 Å². The average Bonchev–Trinajstić information content (AvgIpc) is 3.47. The smallest absolute Gasteiger partial charge is 0.344 e. The first kappa shape index (κ1) is 70.1. The number of amides is 3. The summed E-state index contributed by atoms with van der Waals surface area (Å²) in [5.74, 6) is 0.724. The SMILES string of the molecule is CCCCCCNC(=O)COc1c2cc(C(C)(C)C)cc1Sc1cc(C(C)(C)C)cc(c1OCC(=O)NCCCCCC)Sc1cc(C(C)(C)C)cc(c1OCC(=O)OCC)Sc1cc(C(C)(C)C)cc(c1OCC(=O)NCCCCCC)S2. The van der Waals surface area contributed by atoms with E-state index in [1.165, 1.54) is 47.0 Å². The van der Waals surface area contributed by atoms with Crippen molar-refractivity contribution >= 4 is 70.7 Å². The van der Waals surface area contributed by atoms with E-state index in [0.29, 0.717) is 52.4 Å². The third-order valence-corrected chi connectivity index (χ3v) is 18.4. The summed E-state index contributed by atoms with van der Waals surface area (Å²) < 4.78 is 32.9. The van der Waals surface area contributed by atoms with Crippen LogP contribution in [0.4, 0.5) is 0 Å². The number of carbonyl (C=O) groups excluding carboxylic acids is 4. The summed E-state index contributed by atoms with van der Waals surface area (Å²) in [5, 5.41) is 9.30. The Bertz CT molecular complexity index is 2700. The average molecular weight is 1230 g/mol. The molecule has 464 valence electrons. The normalized spacial score (nSPS) is 12.8. The van der Waals surface area contributed by atoms with Crippen LogP contribution in [0, 0.1) is 0 Å². The standard InChI is InChI=1S/C68H99N3O9S4/c1-17-21-24-27-30-69-57(72)41-77-61-49-33-45(65(5,6)7)34-50(61)82-52-36-47(67(11,12)13)38-54(63(52)79-43-59(74)71-32-29-26-23-19-3)84-56-40-48(68(14,15)16)39-55(64(56)80-44-60(75)76-20-4)83-53-37-46(66(8,9)10)35-51(81-49)62(53)78-42-58(73)70-31-28-25-22-18-2/h33-40H,17-32,41-44H2,1-16H3,(H,69,72)(H,70,73)(H,71,74). The van der Waals surface area contributed by atoms with Gasteiger partial charge >= 0.3 is 5.97 Å². The zero-order valence-electron chi connectivity index (χ0n) is 53.6. The first-order chi connectivity index (χ1) is 39.7. The molecule has 3 N–H and O–H groups in total. The maximum Gasteiger partial charge on any atom is 0.344 e. The molecule has 12 nitrogen and oxygen atoms in total. The van der Waals surface area contributed by atoms with E-state index in [0.717, 1.165) is 129 Å². The van der Waals surface area contributed by atoms with E-state index in [-0.39, 0.29) is 72.4 Å². The molecule has 0 unspecified atom stereocenters. The lowest BCUT2D eigenvalue weighted by Crippen LogP contribution is -2.30. The van der Waals surface area contributed by atoms with Gasteiger partial charge in [-0.3, -0.25) is 14.4 Å². The zero-order valence-corrected chi connectivity index (χ0v) is 56.8. The van der Waals surface area contributed by atoms with Crippen LogP contribution < -0.4 is 34.9 Å². The summed E-state index contributed by atoms with van der Waals surface area (Å²) in [7, 11) is 0. The lowest BCUT2D eigenvalue weighted by molar-refractivity contribution is -0.145. The second-order valence-corrected chi connectivity index (χ2v) is 30.1. The van der Waals surface area contributed by atoms with Crippen LogP contribution in [0.15, 0.2) is 87.7 Å². The molecule has 0 fully saturated rings. The minimum absolute atomic E-state index is 0.187. The Kier molecular flexibility index (Phi) is 27.5. The van der Waals surface area contributed by atoms with E-state index in [1.807, 2.05) is 0 Å². The first-order valence-corrected chi connectivity index (χ1v) is 33.9. The zero-order chi connectivity index (χ0) is 61.8. The van der Waals surface area contributed by atoms with Crippen LogP contribution >= 0.6 is 47.0 Å². The quantitative estimate of drug-likeness (QED) is 0.0322. The third kappa shape index (κ3) is 21.9. The molecule has 8 bridgehead atoms. The molecular formula is C68H99N3O9S4. The second kappa shape index (κ2) is 32.9. The van der Waals surface area contributed by atoms with Crippen molar-refractivity contribution in [3.8, 4) is 23.0 Å². The summed E-state index contributed by atoms with van der Waals surface area (Å²) in [6.45, 7) is 35.1. The second-order valence-electron chi connectivity index (χ2n) is 25.8. The molecular weight excluding hydrogens is 1130 g/mol. The number of carbonyl (C=O) groups is 4. The van der Waals surface area contributed by atoms with Crippen molar-refractivity contribution in [2.24, 2.45) is 0 Å². The fourth-order valence-electron chi connectivity index (χ4n) is 8.93. The highest BCUT2D eigenvalue weighted by Gasteiger charge is 2.32. The van der Waals surface area contributed by atoms with Crippen molar-refractivity contribution in [2.75, 3.05) is 52.7 Å². The summed E-state index contributed by atoms with van der Waals surface area (Å²) in [5.41, 5.74) is 2.59. The lowest BCUT2D eigenvalue weighted by atomic mass is 9.87. The molecule has 1 heterocycles. The molecule has 0 saturated carbocycles. The molecule has 0 radical (unpaired) electrons. The van der Waals surface area contributed by atoms with Crippen molar-refractivity contribution < 1.29 is 42.9 Å². The molecule has 1 aliphatic heterocycles. The molecule has 0 atom stereocenters. The van der Waals surface area contributed by atoms with E-state index in [1.54, 1.807) is 6.92 Å². The molecule has 5 rings (SSSR count). The van der Waals surface area contributed by atoms with Crippen LogP contribution in [-0.2, 0) is 45.6 Å². The lowest BCUT2D eigenvalue weighted by Gasteiger charge is -2.28. The predicted octanol–water partition coefficient (Wildman–Crippen LogP) is 17.0. The number of ether oxygens (including phenoxy) is 5. The van der Waals surface area contributed by atoms with Crippen LogP contribution in [-0.4, -0.2) is 76.4 Å². The number of hydrogen-bond donors (Lipinski definition) is 3. The molecule has 0 spiro atoms. The van der Waals surface area contributed by atoms with E-state index in [2.05, 4.69) is 168 Å². The van der Waals surface area contributed by atoms with Crippen molar-refractivity contribution in [1.82, 2.24) is 16.0 Å². The van der Waals surface area contributed by atoms with Crippen molar-refractivity contribution in [2.45, 2.75) is 249 Å². The third-order valence-electron chi connectivity index (χ3n) is 14.2. The molecule has 16 heteroatoms. The van der Waals surface area contributed by atoms with Gasteiger partial charge in [0.15, 0.2) is 26.4 Å². The van der Waals surface area contributed by atoms with Crippen LogP contribution in [0.5, 0.6) is 23.0 Å². The van der Waals surface area contributed by atoms with Gasteiger partial charge < -0.3 is 39.6 Å². The molecule has 0 aliphatic carbocycles. The number of esters is 1. The highest BCUT2D eigenvalue weighted by Crippen LogP contribution is 2.56. The number of nitrogens with one attached hydrogen (secondary N) is 3. The van der Waals surface area contributed by atoms with E-state index in [4.69, 9.17) is 23.7 Å². The summed E-state index contributed by atoms with van der Waals surface area (Å²) in [6.07, 6.45) is 12.2. The molecule has 1 aliphatic rings. The fourth-order valence-corrected chi connectivity index (χ4v) is 13.7. The Hall–Kier alpha value is -4.64. The molecule has 84 heavy (non-hydrogen) atoms. The van der Waals surface area contributed by atoms with Crippen molar-refractivity contribution in [3.05, 3.63) is 70.8 Å². The van der Waals surface area contributed by atoms with Crippen molar-refractivity contribution in [1.29, 1.82) is 0 Å². The van der Waals surface area contributed by atoms with Gasteiger partial charge in [-0.15, -0.1) is 0 Å². The monoisotopic (exact) mass is 1230 g/mol. The molecule has 3 amide bonds. The number of benzene rings is 4. The van der Waals surface area contributed by atoms with Gasteiger partial charge in [-0.05, 0) is 119 Å². The Labute approximate surface area is 521 Å². The van der Waals surface area contributed by atoms with Crippen LogP contribution in [0.25, 0.3) is 0 Å². The number of unbranched alkanes of at least 4 members (excludes halogenated alkanes) is 9. The molecule has 4 aromatic rings. The van der Waals surface area contributed by atoms with Gasteiger partial charge in [0.05, 0.1) is 45.8 Å². The Morgan fingerprint density at radius 2 is 0.571 bits per heavy atom. The Morgan fingerprint density at radius 1 is 0.345 bits per heavy atom. The fraction of sp³-hybridized carbons (Fsp3) is 0.588. The van der Waals surface area contributed by atoms with Gasteiger partial charge in [-0.1, -0.05) is 209 Å². The highest BCUT2D eigenvalue weighted by molar-refractivity contribution is 8.01. The number of rotatable bonds is 28. The predicted molar refractivity (Wildman–Crippen MR) is 347 cm³/mol. The summed E-state index contributed by atoms with van der Waals surface area (Å²) >= 11 is 5.85. The molecule has 0 aromatic heterocycles. The van der Waals surface area contributed by atoms with Crippen molar-refractivity contribution in [3.63, 3.8) is 0 Å². The van der Waals surface area contributed by atoms with Gasteiger partial charge in [0.1, 0.15) is 23.0 Å². The molecule has 0 saturated heterocycles. The first-order valence-electron chi connectivity index (χ1n) is 30.6. The van der Waals surface area contributed by atoms with Gasteiger partial charge in [-0.2, -0.15) is 0 Å². The van der Waals surface area contributed by atoms with Gasteiger partial charge in [0, 0.05) is 19.6 Å². The maximum atomic E-state index is 13.9. The maximum absolute atomic E-state index is 13.9.